The molecule has 1 atom stereocenters. The second-order valence-electron chi connectivity index (χ2n) is 4.67. The Labute approximate surface area is 123 Å². The van der Waals surface area contributed by atoms with Crippen molar-refractivity contribution in [3.8, 4) is 0 Å². The molecular weight excluding hydrogens is 276 g/mol. The van der Waals surface area contributed by atoms with Gasteiger partial charge in [-0.1, -0.05) is 18.5 Å². The Kier molecular flexibility index (Phi) is 4.97. The minimum atomic E-state index is 0.322. The van der Waals surface area contributed by atoms with Gasteiger partial charge in [0.15, 0.2) is 0 Å². The summed E-state index contributed by atoms with van der Waals surface area (Å²) < 4.78 is 0. The molecule has 0 bridgehead atoms. The highest BCUT2D eigenvalue weighted by molar-refractivity contribution is 7.12. The summed E-state index contributed by atoms with van der Waals surface area (Å²) in [5.41, 5.74) is 2.51. The van der Waals surface area contributed by atoms with Crippen molar-refractivity contribution in [2.75, 3.05) is 6.54 Å². The van der Waals surface area contributed by atoms with E-state index in [1.807, 2.05) is 17.4 Å². The molecule has 102 valence electrons. The zero-order valence-electron chi connectivity index (χ0n) is 11.5. The van der Waals surface area contributed by atoms with Gasteiger partial charge in [0.2, 0.25) is 0 Å². The van der Waals surface area contributed by atoms with Crippen molar-refractivity contribution in [2.24, 2.45) is 0 Å². The van der Waals surface area contributed by atoms with Crippen LogP contribution >= 0.6 is 22.9 Å². The molecule has 0 aliphatic rings. The topological polar surface area (TPSA) is 24.9 Å². The molecule has 0 aliphatic heterocycles. The highest BCUT2D eigenvalue weighted by Gasteiger charge is 2.16. The molecule has 0 aromatic carbocycles. The number of pyridine rings is 1. The zero-order valence-corrected chi connectivity index (χ0v) is 13.1. The normalized spacial score (nSPS) is 12.6. The van der Waals surface area contributed by atoms with E-state index in [0.29, 0.717) is 6.04 Å². The van der Waals surface area contributed by atoms with Crippen LogP contribution in [0, 0.1) is 13.8 Å². The van der Waals surface area contributed by atoms with Gasteiger partial charge in [-0.3, -0.25) is 4.98 Å². The number of aryl methyl sites for hydroxylation is 2. The summed E-state index contributed by atoms with van der Waals surface area (Å²) >= 11 is 8.07. The molecule has 0 aliphatic carbocycles. The Balaban J connectivity index is 2.23. The minimum Gasteiger partial charge on any atom is -0.309 e. The molecule has 0 spiro atoms. The molecule has 0 radical (unpaired) electrons. The average Bonchev–Trinajstić information content (AvgIpc) is 2.72. The first-order valence-corrected chi connectivity index (χ1v) is 7.70. The van der Waals surface area contributed by atoms with E-state index >= 15 is 0 Å². The Hall–Kier alpha value is -0.900. The summed E-state index contributed by atoms with van der Waals surface area (Å²) in [6.45, 7) is 7.42. The van der Waals surface area contributed by atoms with Gasteiger partial charge in [-0.25, -0.2) is 0 Å². The number of hydrogen-bond acceptors (Lipinski definition) is 3. The SMILES string of the molecule is CCNC(Cc1ccncc1Cl)c1cc(C)c(C)s1. The maximum absolute atomic E-state index is 6.21. The van der Waals surface area contributed by atoms with E-state index in [1.165, 1.54) is 15.3 Å². The van der Waals surface area contributed by atoms with Crippen LogP contribution in [0.4, 0.5) is 0 Å². The van der Waals surface area contributed by atoms with Crippen molar-refractivity contribution in [2.45, 2.75) is 33.2 Å². The van der Waals surface area contributed by atoms with E-state index in [4.69, 9.17) is 11.6 Å². The number of hydrogen-bond donors (Lipinski definition) is 1. The third-order valence-corrected chi connectivity index (χ3v) is 4.87. The highest BCUT2D eigenvalue weighted by Crippen LogP contribution is 2.30. The summed E-state index contributed by atoms with van der Waals surface area (Å²) in [6, 6.07) is 4.60. The van der Waals surface area contributed by atoms with Crippen LogP contribution in [0.25, 0.3) is 0 Å². The summed E-state index contributed by atoms with van der Waals surface area (Å²) in [5, 5.41) is 4.29. The lowest BCUT2D eigenvalue weighted by Crippen LogP contribution is -2.22. The van der Waals surface area contributed by atoms with Crippen LogP contribution < -0.4 is 5.32 Å². The summed E-state index contributed by atoms with van der Waals surface area (Å²) in [7, 11) is 0. The van der Waals surface area contributed by atoms with E-state index in [-0.39, 0.29) is 0 Å². The van der Waals surface area contributed by atoms with Gasteiger partial charge in [0, 0.05) is 28.2 Å². The maximum atomic E-state index is 6.21. The molecule has 2 nitrogen and oxygen atoms in total. The molecule has 19 heavy (non-hydrogen) atoms. The Morgan fingerprint density at radius 1 is 1.42 bits per heavy atom. The van der Waals surface area contributed by atoms with Crippen molar-refractivity contribution >= 4 is 22.9 Å². The standard InChI is InChI=1S/C15H19ClN2S/c1-4-18-14(15-7-10(2)11(3)19-15)8-12-5-6-17-9-13(12)16/h5-7,9,14,18H,4,8H2,1-3H3. The molecule has 0 saturated carbocycles. The van der Waals surface area contributed by atoms with Gasteiger partial charge in [-0.2, -0.15) is 0 Å². The number of likely N-dealkylation sites (N-methyl/N-ethyl adjacent to an activating group) is 1. The Bertz CT molecular complexity index is 531. The van der Waals surface area contributed by atoms with Crippen LogP contribution in [0.3, 0.4) is 0 Å². The Morgan fingerprint density at radius 3 is 2.79 bits per heavy atom. The molecule has 0 amide bonds. The predicted octanol–water partition coefficient (Wildman–Crippen LogP) is 4.31. The zero-order chi connectivity index (χ0) is 13.8. The van der Waals surface area contributed by atoms with Crippen LogP contribution in [-0.2, 0) is 6.42 Å². The molecule has 2 aromatic heterocycles. The second kappa shape index (κ2) is 6.51. The largest absolute Gasteiger partial charge is 0.309 e. The number of halogens is 1. The van der Waals surface area contributed by atoms with Gasteiger partial charge in [0.05, 0.1) is 5.02 Å². The van der Waals surface area contributed by atoms with Gasteiger partial charge < -0.3 is 5.32 Å². The number of rotatable bonds is 5. The molecular formula is C15H19ClN2S. The van der Waals surface area contributed by atoms with Crippen LogP contribution in [0.5, 0.6) is 0 Å². The summed E-state index contributed by atoms with van der Waals surface area (Å²) in [4.78, 5) is 6.81. The Morgan fingerprint density at radius 2 is 2.21 bits per heavy atom. The van der Waals surface area contributed by atoms with Crippen LogP contribution in [0.15, 0.2) is 24.5 Å². The van der Waals surface area contributed by atoms with Gasteiger partial charge in [0.1, 0.15) is 0 Å². The highest BCUT2D eigenvalue weighted by atomic mass is 35.5. The molecule has 0 fully saturated rings. The first-order chi connectivity index (χ1) is 9.11. The van der Waals surface area contributed by atoms with Gasteiger partial charge in [0.25, 0.3) is 0 Å². The first-order valence-electron chi connectivity index (χ1n) is 6.50. The number of nitrogens with one attached hydrogen (secondary N) is 1. The molecule has 1 unspecified atom stereocenters. The van der Waals surface area contributed by atoms with Gasteiger partial charge >= 0.3 is 0 Å². The third kappa shape index (κ3) is 3.56. The average molecular weight is 295 g/mol. The number of thiophene rings is 1. The maximum Gasteiger partial charge on any atom is 0.0622 e. The van der Waals surface area contributed by atoms with Crippen molar-refractivity contribution < 1.29 is 0 Å². The van der Waals surface area contributed by atoms with Crippen LogP contribution in [-0.4, -0.2) is 11.5 Å². The van der Waals surface area contributed by atoms with E-state index in [0.717, 1.165) is 23.6 Å². The lowest BCUT2D eigenvalue weighted by atomic mass is 10.1. The van der Waals surface area contributed by atoms with E-state index in [1.54, 1.807) is 12.4 Å². The van der Waals surface area contributed by atoms with Crippen molar-refractivity contribution in [3.05, 3.63) is 50.4 Å². The van der Waals surface area contributed by atoms with E-state index in [2.05, 4.69) is 37.1 Å². The minimum absolute atomic E-state index is 0.322. The second-order valence-corrected chi connectivity index (χ2v) is 6.36. The molecule has 2 rings (SSSR count). The van der Waals surface area contributed by atoms with Gasteiger partial charge in [-0.15, -0.1) is 11.3 Å². The van der Waals surface area contributed by atoms with Crippen molar-refractivity contribution in [1.82, 2.24) is 10.3 Å². The smallest absolute Gasteiger partial charge is 0.0622 e. The fraction of sp³-hybridized carbons (Fsp3) is 0.400. The molecule has 0 saturated heterocycles. The lowest BCUT2D eigenvalue weighted by Gasteiger charge is -2.17. The fourth-order valence-electron chi connectivity index (χ4n) is 2.08. The molecule has 1 N–H and O–H groups in total. The van der Waals surface area contributed by atoms with Crippen molar-refractivity contribution in [1.29, 1.82) is 0 Å². The quantitative estimate of drug-likeness (QED) is 0.889. The van der Waals surface area contributed by atoms with E-state index < -0.39 is 0 Å². The first kappa shape index (κ1) is 14.5. The summed E-state index contributed by atoms with van der Waals surface area (Å²) in [6.07, 6.45) is 4.41. The molecule has 2 aromatic rings. The molecule has 4 heteroatoms. The van der Waals surface area contributed by atoms with Crippen LogP contribution in [0.1, 0.15) is 33.8 Å². The molecule has 2 heterocycles. The van der Waals surface area contributed by atoms with Crippen LogP contribution in [0.2, 0.25) is 5.02 Å². The number of nitrogens with zero attached hydrogens (tertiary/aromatic N) is 1. The van der Waals surface area contributed by atoms with Gasteiger partial charge in [-0.05, 0) is 50.1 Å². The predicted molar refractivity (Wildman–Crippen MR) is 83.2 cm³/mol. The number of aromatic nitrogens is 1. The van der Waals surface area contributed by atoms with E-state index in [9.17, 15) is 0 Å². The summed E-state index contributed by atoms with van der Waals surface area (Å²) in [5.74, 6) is 0. The third-order valence-electron chi connectivity index (χ3n) is 3.26. The fourth-order valence-corrected chi connectivity index (χ4v) is 3.40. The van der Waals surface area contributed by atoms with Crippen molar-refractivity contribution in [3.63, 3.8) is 0 Å². The monoisotopic (exact) mass is 294 g/mol. The lowest BCUT2D eigenvalue weighted by molar-refractivity contribution is 0.558.